The van der Waals surface area contributed by atoms with Gasteiger partial charge in [0.15, 0.2) is 0 Å². The number of ether oxygens (including phenoxy) is 3. The molecule has 1 N–H and O–H groups in total. The lowest BCUT2D eigenvalue weighted by Crippen LogP contribution is -2.48. The molecule has 1 aromatic rings. The van der Waals surface area contributed by atoms with Crippen molar-refractivity contribution >= 4 is 23.4 Å². The van der Waals surface area contributed by atoms with E-state index in [4.69, 9.17) is 14.2 Å². The van der Waals surface area contributed by atoms with E-state index in [-0.39, 0.29) is 18.3 Å². The van der Waals surface area contributed by atoms with Crippen LogP contribution in [0.4, 0.5) is 5.69 Å². The maximum Gasteiger partial charge on any atom is 0.329 e. The Labute approximate surface area is 165 Å². The summed E-state index contributed by atoms with van der Waals surface area (Å²) in [5.41, 5.74) is -0.245. The second kappa shape index (κ2) is 9.08. The van der Waals surface area contributed by atoms with Crippen molar-refractivity contribution in [1.82, 2.24) is 0 Å². The largest absolute Gasteiger partial charge is 0.497 e. The Morgan fingerprint density at radius 1 is 1.21 bits per heavy atom. The highest BCUT2D eigenvalue weighted by atomic mass is 16.5. The van der Waals surface area contributed by atoms with E-state index in [1.165, 1.54) is 7.11 Å². The Bertz CT molecular complexity index is 712. The number of ketones is 1. The van der Waals surface area contributed by atoms with E-state index in [0.717, 1.165) is 0 Å². The number of benzene rings is 1. The average Bonchev–Trinajstić information content (AvgIpc) is 3.07. The fourth-order valence-electron chi connectivity index (χ4n) is 3.90. The van der Waals surface area contributed by atoms with Crippen LogP contribution in [0, 0.1) is 17.3 Å². The zero-order valence-electron chi connectivity index (χ0n) is 17.1. The summed E-state index contributed by atoms with van der Waals surface area (Å²) in [7, 11) is 2.90. The van der Waals surface area contributed by atoms with Crippen LogP contribution in [-0.2, 0) is 23.9 Å². The predicted octanol–water partition coefficient (Wildman–Crippen LogP) is 2.83. The van der Waals surface area contributed by atoms with Crippen LogP contribution < -0.4 is 10.1 Å². The molecule has 1 fully saturated rings. The molecule has 0 unspecified atom stereocenters. The number of carbonyl (C=O) groups is 3. The first-order valence-corrected chi connectivity index (χ1v) is 9.44. The van der Waals surface area contributed by atoms with Crippen molar-refractivity contribution in [2.75, 3.05) is 26.1 Å². The molecule has 1 aromatic carbocycles. The first kappa shape index (κ1) is 21.7. The van der Waals surface area contributed by atoms with Crippen molar-refractivity contribution in [3.05, 3.63) is 24.3 Å². The summed E-state index contributed by atoms with van der Waals surface area (Å²) in [6.07, 6.45) is 0.835. The molecule has 0 spiro atoms. The van der Waals surface area contributed by atoms with Crippen LogP contribution in [-0.4, -0.2) is 44.6 Å². The third kappa shape index (κ3) is 4.46. The molecule has 28 heavy (non-hydrogen) atoms. The van der Waals surface area contributed by atoms with E-state index in [2.05, 4.69) is 5.32 Å². The maximum absolute atomic E-state index is 12.8. The van der Waals surface area contributed by atoms with Crippen molar-refractivity contribution < 1.29 is 28.6 Å². The lowest BCUT2D eigenvalue weighted by atomic mass is 9.70. The van der Waals surface area contributed by atoms with Crippen molar-refractivity contribution in [1.29, 1.82) is 0 Å². The van der Waals surface area contributed by atoms with Gasteiger partial charge in [0.25, 0.3) is 0 Å². The van der Waals surface area contributed by atoms with Gasteiger partial charge in [-0.05, 0) is 57.4 Å². The number of esters is 2. The number of carbonyl (C=O) groups excluding carboxylic acids is 3. The van der Waals surface area contributed by atoms with Gasteiger partial charge in [-0.2, -0.15) is 0 Å². The molecule has 0 radical (unpaired) electrons. The number of nitrogens with one attached hydrogen (secondary N) is 1. The van der Waals surface area contributed by atoms with Gasteiger partial charge in [-0.15, -0.1) is 0 Å². The summed E-state index contributed by atoms with van der Waals surface area (Å²) in [6.45, 7) is 5.43. The molecular weight excluding hydrogens is 362 g/mol. The molecule has 1 aliphatic rings. The summed E-state index contributed by atoms with van der Waals surface area (Å²) < 4.78 is 15.3. The Morgan fingerprint density at radius 2 is 1.86 bits per heavy atom. The SMILES string of the molecule is CCOC(=O)[C@@H](Nc1ccc(OC)cc1)[C@H]1C(=O)CC[C@@H]1C(C)(C)C(=O)OC. The Kier molecular flexibility index (Phi) is 7.05. The van der Waals surface area contributed by atoms with Gasteiger partial charge in [0.2, 0.25) is 0 Å². The van der Waals surface area contributed by atoms with Crippen LogP contribution in [0.2, 0.25) is 0 Å². The standard InChI is InChI=1S/C21H29NO6/c1-6-28-19(24)18(22-13-7-9-14(26-4)10-8-13)17-15(11-12-16(17)23)21(2,3)20(25)27-5/h7-10,15,17-18,22H,6,11-12H2,1-5H3/t15-,17+,18-/m0/s1. The number of hydrogen-bond acceptors (Lipinski definition) is 7. The van der Waals surface area contributed by atoms with Gasteiger partial charge in [0.05, 0.1) is 32.2 Å². The third-order valence-electron chi connectivity index (χ3n) is 5.46. The molecule has 2 rings (SSSR count). The average molecular weight is 391 g/mol. The summed E-state index contributed by atoms with van der Waals surface area (Å²) in [5, 5.41) is 3.14. The molecule has 0 heterocycles. The lowest BCUT2D eigenvalue weighted by Gasteiger charge is -2.35. The zero-order valence-corrected chi connectivity index (χ0v) is 17.1. The molecule has 7 heteroatoms. The van der Waals surface area contributed by atoms with E-state index < -0.39 is 29.3 Å². The first-order chi connectivity index (χ1) is 13.3. The fraction of sp³-hybridized carbons (Fsp3) is 0.571. The molecule has 154 valence electrons. The van der Waals surface area contributed by atoms with E-state index in [1.807, 2.05) is 0 Å². The van der Waals surface area contributed by atoms with Crippen molar-refractivity contribution in [3.63, 3.8) is 0 Å². The van der Waals surface area contributed by atoms with E-state index in [0.29, 0.717) is 24.3 Å². The summed E-state index contributed by atoms with van der Waals surface area (Å²) >= 11 is 0. The molecule has 0 bridgehead atoms. The molecular formula is C21H29NO6. The van der Waals surface area contributed by atoms with Crippen molar-refractivity contribution in [3.8, 4) is 5.75 Å². The third-order valence-corrected chi connectivity index (χ3v) is 5.46. The van der Waals surface area contributed by atoms with Gasteiger partial charge in [-0.1, -0.05) is 0 Å². The van der Waals surface area contributed by atoms with Gasteiger partial charge < -0.3 is 19.5 Å². The maximum atomic E-state index is 12.8. The molecule has 7 nitrogen and oxygen atoms in total. The van der Waals surface area contributed by atoms with Gasteiger partial charge in [-0.3, -0.25) is 9.59 Å². The van der Waals surface area contributed by atoms with E-state index >= 15 is 0 Å². The second-order valence-electron chi connectivity index (χ2n) is 7.45. The monoisotopic (exact) mass is 391 g/mol. The molecule has 1 saturated carbocycles. The number of hydrogen-bond donors (Lipinski definition) is 1. The molecule has 0 aliphatic heterocycles. The minimum atomic E-state index is -0.905. The fourth-order valence-corrected chi connectivity index (χ4v) is 3.90. The van der Waals surface area contributed by atoms with Crippen molar-refractivity contribution in [2.24, 2.45) is 17.3 Å². The second-order valence-corrected chi connectivity index (χ2v) is 7.45. The number of Topliss-reactive ketones (excluding diaryl/α,β-unsaturated/α-hetero) is 1. The Morgan fingerprint density at radius 3 is 2.39 bits per heavy atom. The minimum absolute atomic E-state index is 0.0546. The van der Waals surface area contributed by atoms with E-state index in [1.54, 1.807) is 52.1 Å². The molecule has 0 saturated heterocycles. The molecule has 0 aromatic heterocycles. The summed E-state index contributed by atoms with van der Waals surface area (Å²) in [6, 6.07) is 6.17. The number of rotatable bonds is 8. The normalized spacial score (nSPS) is 20.4. The highest BCUT2D eigenvalue weighted by Gasteiger charge is 2.52. The highest BCUT2D eigenvalue weighted by Crippen LogP contribution is 2.45. The molecule has 3 atom stereocenters. The van der Waals surface area contributed by atoms with Crippen molar-refractivity contribution in [2.45, 2.75) is 39.7 Å². The zero-order chi connectivity index (χ0) is 20.9. The molecule has 1 aliphatic carbocycles. The Balaban J connectivity index is 2.37. The van der Waals surface area contributed by atoms with E-state index in [9.17, 15) is 14.4 Å². The van der Waals surface area contributed by atoms with Crippen LogP contribution in [0.3, 0.4) is 0 Å². The topological polar surface area (TPSA) is 90.9 Å². The van der Waals surface area contributed by atoms with Gasteiger partial charge in [0.1, 0.15) is 17.6 Å². The van der Waals surface area contributed by atoms with Crippen LogP contribution in [0.1, 0.15) is 33.6 Å². The summed E-state index contributed by atoms with van der Waals surface area (Å²) in [4.78, 5) is 37.8. The van der Waals surface area contributed by atoms with Crippen LogP contribution in [0.25, 0.3) is 0 Å². The van der Waals surface area contributed by atoms with Gasteiger partial charge in [0, 0.05) is 12.1 Å². The summed E-state index contributed by atoms with van der Waals surface area (Å²) in [5.74, 6) is -1.31. The lowest BCUT2D eigenvalue weighted by molar-refractivity contribution is -0.157. The Hall–Kier alpha value is -2.57. The van der Waals surface area contributed by atoms with Crippen LogP contribution in [0.15, 0.2) is 24.3 Å². The molecule has 0 amide bonds. The van der Waals surface area contributed by atoms with Crippen LogP contribution >= 0.6 is 0 Å². The van der Waals surface area contributed by atoms with Gasteiger partial charge in [-0.25, -0.2) is 4.79 Å². The smallest absolute Gasteiger partial charge is 0.329 e. The minimum Gasteiger partial charge on any atom is -0.497 e. The quantitative estimate of drug-likeness (QED) is 0.681. The number of anilines is 1. The highest BCUT2D eigenvalue weighted by molar-refractivity contribution is 5.93. The van der Waals surface area contributed by atoms with Gasteiger partial charge >= 0.3 is 11.9 Å². The number of methoxy groups -OCH3 is 2. The van der Waals surface area contributed by atoms with Crippen LogP contribution in [0.5, 0.6) is 5.75 Å². The predicted molar refractivity (Wildman–Crippen MR) is 104 cm³/mol. The first-order valence-electron chi connectivity index (χ1n) is 9.44.